The van der Waals surface area contributed by atoms with Gasteiger partial charge in [0.05, 0.1) is 12.8 Å². The maximum Gasteiger partial charge on any atom is 0.263 e. The number of ether oxygens (including phenoxy) is 2. The monoisotopic (exact) mass is 374 g/mol. The van der Waals surface area contributed by atoms with Crippen molar-refractivity contribution in [3.05, 3.63) is 53.6 Å². The van der Waals surface area contributed by atoms with Gasteiger partial charge in [-0.05, 0) is 43.3 Å². The number of carbonyl (C=O) groups excluding carboxylic acids is 1. The van der Waals surface area contributed by atoms with Gasteiger partial charge in [-0.3, -0.25) is 4.79 Å². The number of hydrogen-bond donors (Lipinski definition) is 0. The summed E-state index contributed by atoms with van der Waals surface area (Å²) in [6.07, 6.45) is -0.533. The number of anilines is 1. The average Bonchev–Trinajstić information content (AvgIpc) is 2.69. The van der Waals surface area contributed by atoms with E-state index in [2.05, 4.69) is 4.90 Å². The summed E-state index contributed by atoms with van der Waals surface area (Å²) in [5, 5.41) is 0.642. The summed E-state index contributed by atoms with van der Waals surface area (Å²) in [5.74, 6) is 1.49. The van der Waals surface area contributed by atoms with E-state index in [1.54, 1.807) is 38.3 Å². The number of para-hydroxylation sites is 2. The summed E-state index contributed by atoms with van der Waals surface area (Å²) >= 11 is 5.87. The predicted octanol–water partition coefficient (Wildman–Crippen LogP) is 3.46. The molecule has 138 valence electrons. The highest BCUT2D eigenvalue weighted by molar-refractivity contribution is 6.30. The van der Waals surface area contributed by atoms with Gasteiger partial charge in [-0.25, -0.2) is 0 Å². The fourth-order valence-electron chi connectivity index (χ4n) is 3.08. The Balaban J connectivity index is 1.57. The lowest BCUT2D eigenvalue weighted by molar-refractivity contribution is -0.138. The minimum Gasteiger partial charge on any atom is -0.495 e. The van der Waals surface area contributed by atoms with Crippen LogP contribution in [0.2, 0.25) is 5.02 Å². The zero-order valence-electron chi connectivity index (χ0n) is 15.0. The van der Waals surface area contributed by atoms with E-state index in [1.165, 1.54) is 0 Å². The van der Waals surface area contributed by atoms with Gasteiger partial charge in [0.15, 0.2) is 6.10 Å². The van der Waals surface area contributed by atoms with Crippen molar-refractivity contribution < 1.29 is 14.3 Å². The molecule has 0 bridgehead atoms. The van der Waals surface area contributed by atoms with Crippen molar-refractivity contribution >= 4 is 23.2 Å². The Bertz CT molecular complexity index is 743. The van der Waals surface area contributed by atoms with Crippen molar-refractivity contribution in [2.75, 3.05) is 38.2 Å². The molecule has 1 fully saturated rings. The molecular weight excluding hydrogens is 352 g/mol. The van der Waals surface area contributed by atoms with Crippen molar-refractivity contribution in [2.24, 2.45) is 0 Å². The zero-order chi connectivity index (χ0) is 18.5. The quantitative estimate of drug-likeness (QED) is 0.803. The first-order valence-corrected chi connectivity index (χ1v) is 9.05. The van der Waals surface area contributed by atoms with Crippen LogP contribution in [0.25, 0.3) is 0 Å². The highest BCUT2D eigenvalue weighted by Crippen LogP contribution is 2.28. The Hall–Kier alpha value is -2.40. The first kappa shape index (κ1) is 18.4. The molecule has 0 aliphatic carbocycles. The second-order valence-corrected chi connectivity index (χ2v) is 6.63. The summed E-state index contributed by atoms with van der Waals surface area (Å²) in [7, 11) is 1.67. The molecule has 1 aliphatic rings. The molecule has 2 aromatic carbocycles. The van der Waals surface area contributed by atoms with Gasteiger partial charge in [0.1, 0.15) is 11.5 Å². The Morgan fingerprint density at radius 1 is 1.04 bits per heavy atom. The number of piperazine rings is 1. The molecule has 2 aromatic rings. The van der Waals surface area contributed by atoms with Crippen LogP contribution in [0.3, 0.4) is 0 Å². The predicted molar refractivity (Wildman–Crippen MR) is 103 cm³/mol. The van der Waals surface area contributed by atoms with Gasteiger partial charge in [-0.2, -0.15) is 0 Å². The van der Waals surface area contributed by atoms with Gasteiger partial charge >= 0.3 is 0 Å². The van der Waals surface area contributed by atoms with E-state index in [1.807, 2.05) is 29.2 Å². The molecule has 1 atom stereocenters. The molecule has 6 heteroatoms. The third-order valence-electron chi connectivity index (χ3n) is 4.49. The normalized spacial score (nSPS) is 15.5. The third-order valence-corrected chi connectivity index (χ3v) is 4.74. The van der Waals surface area contributed by atoms with Gasteiger partial charge < -0.3 is 19.3 Å². The highest BCUT2D eigenvalue weighted by Gasteiger charge is 2.27. The summed E-state index contributed by atoms with van der Waals surface area (Å²) < 4.78 is 11.2. The molecule has 0 saturated carbocycles. The molecule has 0 aromatic heterocycles. The van der Waals surface area contributed by atoms with E-state index in [4.69, 9.17) is 21.1 Å². The van der Waals surface area contributed by atoms with Crippen LogP contribution in [0.15, 0.2) is 48.5 Å². The number of nitrogens with zero attached hydrogens (tertiary/aromatic N) is 2. The number of carbonyl (C=O) groups is 1. The summed E-state index contributed by atoms with van der Waals surface area (Å²) in [4.78, 5) is 16.8. The topological polar surface area (TPSA) is 42.0 Å². The molecule has 0 radical (unpaired) electrons. The zero-order valence-corrected chi connectivity index (χ0v) is 15.8. The van der Waals surface area contributed by atoms with E-state index >= 15 is 0 Å². The number of amides is 1. The maximum absolute atomic E-state index is 12.7. The van der Waals surface area contributed by atoms with E-state index in [0.717, 1.165) is 24.5 Å². The number of hydrogen-bond acceptors (Lipinski definition) is 4. The Kier molecular flexibility index (Phi) is 5.89. The van der Waals surface area contributed by atoms with Crippen LogP contribution in [-0.4, -0.2) is 50.2 Å². The van der Waals surface area contributed by atoms with Crippen LogP contribution >= 0.6 is 11.6 Å². The van der Waals surface area contributed by atoms with E-state index in [0.29, 0.717) is 23.9 Å². The third kappa shape index (κ3) is 4.22. The van der Waals surface area contributed by atoms with Gasteiger partial charge in [0.25, 0.3) is 5.91 Å². The summed E-state index contributed by atoms with van der Waals surface area (Å²) in [6.45, 7) is 4.62. The van der Waals surface area contributed by atoms with Gasteiger partial charge in [0, 0.05) is 31.2 Å². The first-order valence-electron chi connectivity index (χ1n) is 8.67. The fraction of sp³-hybridized carbons (Fsp3) is 0.350. The Labute approximate surface area is 159 Å². The Morgan fingerprint density at radius 3 is 2.35 bits per heavy atom. The molecule has 0 spiro atoms. The fourth-order valence-corrected chi connectivity index (χ4v) is 3.21. The maximum atomic E-state index is 12.7. The number of rotatable bonds is 5. The molecule has 1 aliphatic heterocycles. The second-order valence-electron chi connectivity index (χ2n) is 6.20. The number of methoxy groups -OCH3 is 1. The number of halogens is 1. The van der Waals surface area contributed by atoms with E-state index < -0.39 is 6.10 Å². The van der Waals surface area contributed by atoms with Crippen LogP contribution in [0.5, 0.6) is 11.5 Å². The molecule has 0 N–H and O–H groups in total. The SMILES string of the molecule is COc1ccccc1N1CCN(C(=O)C(C)Oc2ccc(Cl)cc2)CC1. The van der Waals surface area contributed by atoms with E-state index in [9.17, 15) is 4.79 Å². The Morgan fingerprint density at radius 2 is 1.69 bits per heavy atom. The lowest BCUT2D eigenvalue weighted by atomic mass is 10.2. The first-order chi connectivity index (χ1) is 12.6. The van der Waals surface area contributed by atoms with Crippen LogP contribution in [-0.2, 0) is 4.79 Å². The molecule has 1 saturated heterocycles. The van der Waals surface area contributed by atoms with Crippen molar-refractivity contribution in [3.8, 4) is 11.5 Å². The summed E-state index contributed by atoms with van der Waals surface area (Å²) in [6, 6.07) is 15.0. The second kappa shape index (κ2) is 8.32. The highest BCUT2D eigenvalue weighted by atomic mass is 35.5. The molecule has 5 nitrogen and oxygen atoms in total. The van der Waals surface area contributed by atoms with Gasteiger partial charge in [0.2, 0.25) is 0 Å². The van der Waals surface area contributed by atoms with E-state index in [-0.39, 0.29) is 5.91 Å². The average molecular weight is 375 g/mol. The van der Waals surface area contributed by atoms with Crippen LogP contribution in [0, 0.1) is 0 Å². The standard InChI is InChI=1S/C20H23ClN2O3/c1-15(26-17-9-7-16(21)8-10-17)20(24)23-13-11-22(12-14-23)18-5-3-4-6-19(18)25-2/h3-10,15H,11-14H2,1-2H3. The van der Waals surface area contributed by atoms with Gasteiger partial charge in [-0.1, -0.05) is 23.7 Å². The molecule has 1 unspecified atom stereocenters. The lowest BCUT2D eigenvalue weighted by Crippen LogP contribution is -2.52. The molecule has 26 heavy (non-hydrogen) atoms. The molecule has 1 amide bonds. The number of benzene rings is 2. The van der Waals surface area contributed by atoms with Crippen LogP contribution in [0.1, 0.15) is 6.92 Å². The minimum absolute atomic E-state index is 0.000346. The largest absolute Gasteiger partial charge is 0.495 e. The van der Waals surface area contributed by atoms with Crippen molar-refractivity contribution in [1.82, 2.24) is 4.90 Å². The lowest BCUT2D eigenvalue weighted by Gasteiger charge is -2.37. The minimum atomic E-state index is -0.533. The van der Waals surface area contributed by atoms with Crippen molar-refractivity contribution in [3.63, 3.8) is 0 Å². The molecular formula is C20H23ClN2O3. The van der Waals surface area contributed by atoms with Crippen LogP contribution in [0.4, 0.5) is 5.69 Å². The van der Waals surface area contributed by atoms with Crippen molar-refractivity contribution in [1.29, 1.82) is 0 Å². The van der Waals surface area contributed by atoms with Crippen LogP contribution < -0.4 is 14.4 Å². The summed E-state index contributed by atoms with van der Waals surface area (Å²) in [5.41, 5.74) is 1.06. The smallest absolute Gasteiger partial charge is 0.263 e. The molecule has 1 heterocycles. The molecule has 3 rings (SSSR count). The van der Waals surface area contributed by atoms with Gasteiger partial charge in [-0.15, -0.1) is 0 Å². The van der Waals surface area contributed by atoms with Crippen molar-refractivity contribution in [2.45, 2.75) is 13.0 Å².